The largest absolute Gasteiger partial charge is 0.547 e. The molecule has 1 aliphatic carbocycles. The molecule has 0 aliphatic heterocycles. The number of hydrogen-bond donors (Lipinski definition) is 0. The standard InChI is InChI=1S/C14H28OSi/c1-11(2)12-8-9-14(3,4)13(10-12)15-16(5,6)7/h10-12H,8-9H2,1-7H3/t12-/m1/s1. The SMILES string of the molecule is CC(C)[C@H]1C=C(O[Si](C)(C)C)C(C)(C)CC1. The molecule has 0 fully saturated rings. The fourth-order valence-electron chi connectivity index (χ4n) is 2.18. The van der Waals surface area contributed by atoms with E-state index in [2.05, 4.69) is 53.4 Å². The van der Waals surface area contributed by atoms with Gasteiger partial charge in [-0.3, -0.25) is 0 Å². The second kappa shape index (κ2) is 4.56. The van der Waals surface area contributed by atoms with Crippen molar-refractivity contribution in [1.82, 2.24) is 0 Å². The van der Waals surface area contributed by atoms with E-state index in [1.165, 1.54) is 18.6 Å². The Kier molecular flexibility index (Phi) is 3.94. The van der Waals surface area contributed by atoms with E-state index in [0.29, 0.717) is 5.92 Å². The lowest BCUT2D eigenvalue weighted by molar-refractivity contribution is 0.204. The lowest BCUT2D eigenvalue weighted by Crippen LogP contribution is -2.33. The molecule has 0 aromatic carbocycles. The normalized spacial score (nSPS) is 25.5. The molecule has 0 bridgehead atoms. The van der Waals surface area contributed by atoms with E-state index < -0.39 is 8.32 Å². The lowest BCUT2D eigenvalue weighted by Gasteiger charge is -2.39. The van der Waals surface area contributed by atoms with E-state index in [1.807, 2.05) is 0 Å². The van der Waals surface area contributed by atoms with Crippen molar-refractivity contribution in [3.63, 3.8) is 0 Å². The van der Waals surface area contributed by atoms with E-state index >= 15 is 0 Å². The highest BCUT2D eigenvalue weighted by Crippen LogP contribution is 2.42. The Morgan fingerprint density at radius 3 is 2.31 bits per heavy atom. The van der Waals surface area contributed by atoms with Crippen LogP contribution in [0.3, 0.4) is 0 Å². The Balaban J connectivity index is 2.89. The van der Waals surface area contributed by atoms with Gasteiger partial charge in [0.05, 0.1) is 5.76 Å². The molecule has 0 spiro atoms. The van der Waals surface area contributed by atoms with Crippen LogP contribution in [0.4, 0.5) is 0 Å². The third-order valence-corrected chi connectivity index (χ3v) is 4.24. The minimum absolute atomic E-state index is 0.242. The van der Waals surface area contributed by atoms with Crippen molar-refractivity contribution in [2.75, 3.05) is 0 Å². The zero-order valence-electron chi connectivity index (χ0n) is 12.1. The van der Waals surface area contributed by atoms with E-state index in [1.54, 1.807) is 0 Å². The molecule has 0 saturated heterocycles. The van der Waals surface area contributed by atoms with Crippen LogP contribution >= 0.6 is 0 Å². The highest BCUT2D eigenvalue weighted by atomic mass is 28.4. The van der Waals surface area contributed by atoms with Crippen LogP contribution in [0.5, 0.6) is 0 Å². The first-order valence-electron chi connectivity index (χ1n) is 6.53. The van der Waals surface area contributed by atoms with Crippen LogP contribution in [0, 0.1) is 17.3 Å². The van der Waals surface area contributed by atoms with E-state index in [4.69, 9.17) is 4.43 Å². The molecule has 0 heterocycles. The molecule has 0 saturated carbocycles. The molecule has 0 amide bonds. The monoisotopic (exact) mass is 240 g/mol. The van der Waals surface area contributed by atoms with Crippen molar-refractivity contribution in [3.8, 4) is 0 Å². The molecule has 0 aromatic heterocycles. The topological polar surface area (TPSA) is 9.23 Å². The zero-order chi connectivity index (χ0) is 12.6. The lowest BCUT2D eigenvalue weighted by atomic mass is 9.74. The molecule has 0 unspecified atom stereocenters. The van der Waals surface area contributed by atoms with Crippen LogP contribution in [-0.2, 0) is 4.43 Å². The van der Waals surface area contributed by atoms with Crippen molar-refractivity contribution in [2.45, 2.75) is 60.2 Å². The number of hydrogen-bond acceptors (Lipinski definition) is 1. The van der Waals surface area contributed by atoms with Gasteiger partial charge in [0.15, 0.2) is 0 Å². The summed E-state index contributed by atoms with van der Waals surface area (Å²) in [5, 5.41) is 0. The van der Waals surface area contributed by atoms with Gasteiger partial charge in [-0.15, -0.1) is 0 Å². The highest BCUT2D eigenvalue weighted by Gasteiger charge is 2.34. The summed E-state index contributed by atoms with van der Waals surface area (Å²) in [5.74, 6) is 2.70. The van der Waals surface area contributed by atoms with Gasteiger partial charge in [0.25, 0.3) is 0 Å². The summed E-state index contributed by atoms with van der Waals surface area (Å²) in [4.78, 5) is 0. The Morgan fingerprint density at radius 1 is 1.31 bits per heavy atom. The molecule has 0 aromatic rings. The van der Waals surface area contributed by atoms with Gasteiger partial charge in [-0.2, -0.15) is 0 Å². The fourth-order valence-corrected chi connectivity index (χ4v) is 3.19. The van der Waals surface area contributed by atoms with Crippen LogP contribution < -0.4 is 0 Å². The second-order valence-corrected chi connectivity index (χ2v) is 11.5. The maximum atomic E-state index is 6.27. The molecule has 0 radical (unpaired) electrons. The predicted octanol–water partition coefficient (Wildman–Crippen LogP) is 4.81. The first-order chi connectivity index (χ1) is 7.12. The van der Waals surface area contributed by atoms with Gasteiger partial charge >= 0.3 is 0 Å². The van der Waals surface area contributed by atoms with E-state index in [0.717, 1.165) is 5.92 Å². The number of allylic oxidation sites excluding steroid dienone is 2. The van der Waals surface area contributed by atoms with Crippen molar-refractivity contribution < 1.29 is 4.43 Å². The smallest absolute Gasteiger partial charge is 0.241 e. The van der Waals surface area contributed by atoms with Gasteiger partial charge in [-0.05, 0) is 50.4 Å². The summed E-state index contributed by atoms with van der Waals surface area (Å²) in [5.41, 5.74) is 0.242. The summed E-state index contributed by atoms with van der Waals surface area (Å²) in [6.45, 7) is 16.1. The van der Waals surface area contributed by atoms with Crippen molar-refractivity contribution in [1.29, 1.82) is 0 Å². The van der Waals surface area contributed by atoms with Crippen LogP contribution in [0.1, 0.15) is 40.5 Å². The van der Waals surface area contributed by atoms with E-state index in [9.17, 15) is 0 Å². The summed E-state index contributed by atoms with van der Waals surface area (Å²) >= 11 is 0. The molecule has 1 nitrogen and oxygen atoms in total. The first-order valence-corrected chi connectivity index (χ1v) is 9.94. The molecule has 0 N–H and O–H groups in total. The molecule has 16 heavy (non-hydrogen) atoms. The fraction of sp³-hybridized carbons (Fsp3) is 0.857. The summed E-state index contributed by atoms with van der Waals surface area (Å²) in [6.07, 6.45) is 4.97. The van der Waals surface area contributed by atoms with Crippen LogP contribution in [0.15, 0.2) is 11.8 Å². The average Bonchev–Trinajstić information content (AvgIpc) is 2.05. The van der Waals surface area contributed by atoms with Crippen LogP contribution in [-0.4, -0.2) is 8.32 Å². The molecule has 2 heteroatoms. The first kappa shape index (κ1) is 13.8. The van der Waals surface area contributed by atoms with Gasteiger partial charge in [0.2, 0.25) is 8.32 Å². The molecule has 1 rings (SSSR count). The summed E-state index contributed by atoms with van der Waals surface area (Å²) < 4.78 is 6.27. The van der Waals surface area contributed by atoms with Crippen LogP contribution in [0.25, 0.3) is 0 Å². The number of rotatable bonds is 3. The molecule has 1 atom stereocenters. The van der Waals surface area contributed by atoms with Crippen molar-refractivity contribution in [2.24, 2.45) is 17.3 Å². The van der Waals surface area contributed by atoms with Crippen molar-refractivity contribution in [3.05, 3.63) is 11.8 Å². The van der Waals surface area contributed by atoms with Gasteiger partial charge in [-0.1, -0.05) is 27.7 Å². The minimum Gasteiger partial charge on any atom is -0.547 e. The van der Waals surface area contributed by atoms with Crippen molar-refractivity contribution >= 4 is 8.32 Å². The second-order valence-electron chi connectivity index (χ2n) is 7.08. The molecule has 94 valence electrons. The highest BCUT2D eigenvalue weighted by molar-refractivity contribution is 6.70. The van der Waals surface area contributed by atoms with Gasteiger partial charge in [-0.25, -0.2) is 0 Å². The van der Waals surface area contributed by atoms with Gasteiger partial charge in [0, 0.05) is 5.41 Å². The average molecular weight is 240 g/mol. The van der Waals surface area contributed by atoms with Gasteiger partial charge < -0.3 is 4.43 Å². The maximum Gasteiger partial charge on any atom is 0.241 e. The quantitative estimate of drug-likeness (QED) is 0.643. The third-order valence-electron chi connectivity index (χ3n) is 3.41. The minimum atomic E-state index is -1.47. The van der Waals surface area contributed by atoms with Crippen LogP contribution in [0.2, 0.25) is 19.6 Å². The molecule has 1 aliphatic rings. The maximum absolute atomic E-state index is 6.27. The third kappa shape index (κ3) is 3.65. The summed E-state index contributed by atoms with van der Waals surface area (Å²) in [6, 6.07) is 0. The Hall–Kier alpha value is -0.243. The Labute approximate surface area is 102 Å². The predicted molar refractivity (Wildman–Crippen MR) is 73.9 cm³/mol. The summed E-state index contributed by atoms with van der Waals surface area (Å²) in [7, 11) is -1.47. The van der Waals surface area contributed by atoms with E-state index in [-0.39, 0.29) is 5.41 Å². The Bertz CT molecular complexity index is 271. The Morgan fingerprint density at radius 2 is 1.88 bits per heavy atom. The van der Waals surface area contributed by atoms with Gasteiger partial charge in [0.1, 0.15) is 0 Å². The molecular weight excluding hydrogens is 212 g/mol. The zero-order valence-corrected chi connectivity index (χ0v) is 13.1. The molecular formula is C14H28OSi.